The molecule has 0 aliphatic carbocycles. The molecule has 0 spiro atoms. The van der Waals surface area contributed by atoms with Crippen molar-refractivity contribution in [3.63, 3.8) is 0 Å². The van der Waals surface area contributed by atoms with E-state index < -0.39 is 5.92 Å². The first-order valence-corrected chi connectivity index (χ1v) is 6.31. The van der Waals surface area contributed by atoms with Gasteiger partial charge in [0.05, 0.1) is 23.4 Å². The zero-order chi connectivity index (χ0) is 13.5. The number of anilines is 1. The van der Waals surface area contributed by atoms with Crippen molar-refractivity contribution in [3.05, 3.63) is 28.2 Å². The molecule has 1 aromatic rings. The van der Waals surface area contributed by atoms with Crippen LogP contribution in [0, 0.1) is 28.6 Å². The van der Waals surface area contributed by atoms with E-state index in [0.29, 0.717) is 22.1 Å². The van der Waals surface area contributed by atoms with Crippen LogP contribution in [0.15, 0.2) is 22.7 Å². The van der Waals surface area contributed by atoms with E-state index >= 15 is 0 Å². The summed E-state index contributed by atoms with van der Waals surface area (Å²) in [4.78, 5) is 11.8. The van der Waals surface area contributed by atoms with Crippen molar-refractivity contribution in [1.29, 1.82) is 10.5 Å². The predicted molar refractivity (Wildman–Crippen MR) is 71.5 cm³/mol. The minimum atomic E-state index is -0.641. The average molecular weight is 306 g/mol. The van der Waals surface area contributed by atoms with Crippen molar-refractivity contribution >= 4 is 27.5 Å². The number of hydrogen-bond acceptors (Lipinski definition) is 3. The topological polar surface area (TPSA) is 76.7 Å². The Morgan fingerprint density at radius 3 is 2.72 bits per heavy atom. The highest BCUT2D eigenvalue weighted by Crippen LogP contribution is 2.24. The fraction of sp³-hybridized carbons (Fsp3) is 0.308. The quantitative estimate of drug-likeness (QED) is 0.928. The second kappa shape index (κ2) is 6.78. The molecular weight excluding hydrogens is 294 g/mol. The summed E-state index contributed by atoms with van der Waals surface area (Å²) in [6.07, 6.45) is 1.32. The van der Waals surface area contributed by atoms with Crippen LogP contribution in [0.2, 0.25) is 0 Å². The van der Waals surface area contributed by atoms with E-state index in [1.807, 2.05) is 19.1 Å². The predicted octanol–water partition coefficient (Wildman–Crippen LogP) is 3.20. The summed E-state index contributed by atoms with van der Waals surface area (Å²) in [7, 11) is 0. The molecule has 0 fully saturated rings. The van der Waals surface area contributed by atoms with Gasteiger partial charge in [0.2, 0.25) is 5.91 Å². The summed E-state index contributed by atoms with van der Waals surface area (Å²) >= 11 is 3.28. The number of halogens is 1. The fourth-order valence-electron chi connectivity index (χ4n) is 1.45. The van der Waals surface area contributed by atoms with Crippen molar-refractivity contribution in [3.8, 4) is 12.1 Å². The van der Waals surface area contributed by atoms with Gasteiger partial charge in [-0.3, -0.25) is 4.79 Å². The molecule has 92 valence electrons. The number of rotatable bonds is 4. The zero-order valence-electron chi connectivity index (χ0n) is 9.90. The average Bonchev–Trinajstić information content (AvgIpc) is 2.38. The normalized spacial score (nSPS) is 11.1. The Labute approximate surface area is 114 Å². The van der Waals surface area contributed by atoms with E-state index in [4.69, 9.17) is 10.5 Å². The molecule has 1 unspecified atom stereocenters. The van der Waals surface area contributed by atoms with Crippen LogP contribution >= 0.6 is 15.9 Å². The number of carbonyl (C=O) groups is 1. The van der Waals surface area contributed by atoms with Crippen LogP contribution in [0.4, 0.5) is 5.69 Å². The molecule has 18 heavy (non-hydrogen) atoms. The van der Waals surface area contributed by atoms with Crippen molar-refractivity contribution in [2.24, 2.45) is 5.92 Å². The molecule has 1 rings (SSSR count). The number of nitrogens with one attached hydrogen (secondary N) is 1. The molecule has 4 nitrogen and oxygen atoms in total. The van der Waals surface area contributed by atoms with Gasteiger partial charge >= 0.3 is 0 Å². The van der Waals surface area contributed by atoms with E-state index in [1.165, 1.54) is 0 Å². The van der Waals surface area contributed by atoms with Gasteiger partial charge in [-0.05, 0) is 40.5 Å². The number of benzene rings is 1. The lowest BCUT2D eigenvalue weighted by atomic mass is 10.0. The second-order valence-corrected chi connectivity index (χ2v) is 4.62. The highest BCUT2D eigenvalue weighted by molar-refractivity contribution is 9.10. The van der Waals surface area contributed by atoms with Gasteiger partial charge in [0.15, 0.2) is 0 Å². The molecule has 1 atom stereocenters. The van der Waals surface area contributed by atoms with E-state index in [-0.39, 0.29) is 5.91 Å². The summed E-state index contributed by atoms with van der Waals surface area (Å²) in [6.45, 7) is 1.93. The molecule has 0 aliphatic rings. The Morgan fingerprint density at radius 2 is 2.22 bits per heavy atom. The monoisotopic (exact) mass is 305 g/mol. The Balaban J connectivity index is 2.83. The lowest BCUT2D eigenvalue weighted by Crippen LogP contribution is -2.21. The van der Waals surface area contributed by atoms with Gasteiger partial charge in [-0.1, -0.05) is 13.3 Å². The molecule has 0 saturated carbocycles. The highest BCUT2D eigenvalue weighted by atomic mass is 79.9. The first-order valence-electron chi connectivity index (χ1n) is 5.52. The smallest absolute Gasteiger partial charge is 0.241 e. The lowest BCUT2D eigenvalue weighted by Gasteiger charge is -2.10. The Bertz CT molecular complexity index is 528. The van der Waals surface area contributed by atoms with Gasteiger partial charge in [0.25, 0.3) is 0 Å². The maximum atomic E-state index is 11.8. The lowest BCUT2D eigenvalue weighted by molar-refractivity contribution is -0.118. The first kappa shape index (κ1) is 14.2. The summed E-state index contributed by atoms with van der Waals surface area (Å²) in [6, 6.07) is 8.87. The molecule has 5 heteroatoms. The van der Waals surface area contributed by atoms with Gasteiger partial charge in [-0.25, -0.2) is 0 Å². The van der Waals surface area contributed by atoms with E-state index in [2.05, 4.69) is 21.2 Å². The Morgan fingerprint density at radius 1 is 1.50 bits per heavy atom. The van der Waals surface area contributed by atoms with E-state index in [1.54, 1.807) is 18.2 Å². The minimum absolute atomic E-state index is 0.315. The highest BCUT2D eigenvalue weighted by Gasteiger charge is 2.17. The van der Waals surface area contributed by atoms with E-state index in [9.17, 15) is 4.79 Å². The molecule has 1 amide bonds. The second-order valence-electron chi connectivity index (χ2n) is 3.77. The van der Waals surface area contributed by atoms with Crippen molar-refractivity contribution in [1.82, 2.24) is 0 Å². The fourth-order valence-corrected chi connectivity index (χ4v) is 1.93. The molecule has 1 N–H and O–H groups in total. The summed E-state index contributed by atoms with van der Waals surface area (Å²) < 4.78 is 0.628. The number of hydrogen-bond donors (Lipinski definition) is 1. The molecule has 0 radical (unpaired) electrons. The van der Waals surface area contributed by atoms with Crippen LogP contribution in [0.3, 0.4) is 0 Å². The maximum Gasteiger partial charge on any atom is 0.241 e. The number of nitrogens with zero attached hydrogens (tertiary/aromatic N) is 2. The van der Waals surface area contributed by atoms with Crippen LogP contribution in [0.25, 0.3) is 0 Å². The largest absolute Gasteiger partial charge is 0.324 e. The van der Waals surface area contributed by atoms with Crippen LogP contribution in [0.1, 0.15) is 25.3 Å². The summed E-state index contributed by atoms with van der Waals surface area (Å²) in [5, 5.41) is 20.3. The minimum Gasteiger partial charge on any atom is -0.324 e. The van der Waals surface area contributed by atoms with Gasteiger partial charge in [-0.2, -0.15) is 10.5 Å². The first-order chi connectivity index (χ1) is 8.62. The number of amides is 1. The molecule has 0 bridgehead atoms. The molecule has 0 heterocycles. The number of nitriles is 2. The van der Waals surface area contributed by atoms with Gasteiger partial charge < -0.3 is 5.32 Å². The third-order valence-electron chi connectivity index (χ3n) is 2.41. The van der Waals surface area contributed by atoms with Crippen LogP contribution < -0.4 is 5.32 Å². The van der Waals surface area contributed by atoms with Crippen molar-refractivity contribution in [2.45, 2.75) is 19.8 Å². The maximum absolute atomic E-state index is 11.8. The number of carbonyl (C=O) groups excluding carboxylic acids is 1. The molecule has 0 saturated heterocycles. The molecule has 0 aliphatic heterocycles. The SMILES string of the molecule is CCCC(C#N)C(=O)Nc1ccc(C#N)cc1Br. The molecule has 0 aromatic heterocycles. The standard InChI is InChI=1S/C13H12BrN3O/c1-2-3-10(8-16)13(18)17-12-5-4-9(7-15)6-11(12)14/h4-6,10H,2-3H2,1H3,(H,17,18). The molecular formula is C13H12BrN3O. The summed E-state index contributed by atoms with van der Waals surface area (Å²) in [5.41, 5.74) is 1.07. The van der Waals surface area contributed by atoms with Gasteiger partial charge in [0.1, 0.15) is 5.92 Å². The third kappa shape index (κ3) is 3.58. The van der Waals surface area contributed by atoms with Crippen LogP contribution in [-0.4, -0.2) is 5.91 Å². The van der Waals surface area contributed by atoms with Crippen LogP contribution in [-0.2, 0) is 4.79 Å². The van der Waals surface area contributed by atoms with Crippen molar-refractivity contribution < 1.29 is 4.79 Å². The van der Waals surface area contributed by atoms with Crippen molar-refractivity contribution in [2.75, 3.05) is 5.32 Å². The Kier molecular flexibility index (Phi) is 5.35. The van der Waals surface area contributed by atoms with Crippen LogP contribution in [0.5, 0.6) is 0 Å². The summed E-state index contributed by atoms with van der Waals surface area (Å²) in [5.74, 6) is -0.956. The molecule has 1 aromatic carbocycles. The Hall–Kier alpha value is -1.85. The van der Waals surface area contributed by atoms with Gasteiger partial charge in [-0.15, -0.1) is 0 Å². The third-order valence-corrected chi connectivity index (χ3v) is 3.06. The zero-order valence-corrected chi connectivity index (χ0v) is 11.5. The van der Waals surface area contributed by atoms with Gasteiger partial charge in [0, 0.05) is 4.47 Å². The van der Waals surface area contributed by atoms with E-state index in [0.717, 1.165) is 6.42 Å².